The standard InChI is InChI=1S/C20H23N3O4/c1-10(2)23-19-17(9-21-23)16(20(25)27-13(5)12(4)24)8-18(22-19)15-7-11(3)26-14(15)6/h7-10,13H,1-6H3/t13-/m0/s1. The Labute approximate surface area is 157 Å². The summed E-state index contributed by atoms with van der Waals surface area (Å²) in [5.74, 6) is 0.683. The van der Waals surface area contributed by atoms with Gasteiger partial charge in [0.15, 0.2) is 17.5 Å². The number of aromatic nitrogens is 3. The number of pyridine rings is 1. The summed E-state index contributed by atoms with van der Waals surface area (Å²) < 4.78 is 12.7. The summed E-state index contributed by atoms with van der Waals surface area (Å²) >= 11 is 0. The summed E-state index contributed by atoms with van der Waals surface area (Å²) in [6, 6.07) is 3.62. The lowest BCUT2D eigenvalue weighted by Crippen LogP contribution is -2.22. The van der Waals surface area contributed by atoms with E-state index >= 15 is 0 Å². The average Bonchev–Trinajstić information content (AvgIpc) is 3.16. The molecule has 27 heavy (non-hydrogen) atoms. The Morgan fingerprint density at radius 2 is 1.89 bits per heavy atom. The molecule has 0 aliphatic carbocycles. The van der Waals surface area contributed by atoms with Crippen LogP contribution in [0.15, 0.2) is 22.7 Å². The number of fused-ring (bicyclic) bond motifs is 1. The van der Waals surface area contributed by atoms with E-state index in [1.165, 1.54) is 6.92 Å². The van der Waals surface area contributed by atoms with Crippen LogP contribution < -0.4 is 0 Å². The molecule has 7 heteroatoms. The molecule has 0 saturated carbocycles. The van der Waals surface area contributed by atoms with Crippen LogP contribution in [0.3, 0.4) is 0 Å². The molecule has 3 heterocycles. The third-order valence-corrected chi connectivity index (χ3v) is 4.45. The van der Waals surface area contributed by atoms with E-state index in [4.69, 9.17) is 14.1 Å². The van der Waals surface area contributed by atoms with Gasteiger partial charge in [-0.2, -0.15) is 5.10 Å². The van der Waals surface area contributed by atoms with Gasteiger partial charge in [0.25, 0.3) is 0 Å². The van der Waals surface area contributed by atoms with E-state index in [-0.39, 0.29) is 11.8 Å². The fourth-order valence-corrected chi connectivity index (χ4v) is 2.89. The Morgan fingerprint density at radius 3 is 2.44 bits per heavy atom. The minimum Gasteiger partial charge on any atom is -0.466 e. The zero-order chi connectivity index (χ0) is 19.9. The Bertz CT molecular complexity index is 1030. The largest absolute Gasteiger partial charge is 0.466 e. The molecular formula is C20H23N3O4. The van der Waals surface area contributed by atoms with Crippen molar-refractivity contribution in [2.24, 2.45) is 0 Å². The lowest BCUT2D eigenvalue weighted by atomic mass is 10.1. The molecule has 3 aromatic rings. The molecule has 0 aliphatic heterocycles. The van der Waals surface area contributed by atoms with Crippen LogP contribution in [0.4, 0.5) is 0 Å². The third kappa shape index (κ3) is 3.49. The highest BCUT2D eigenvalue weighted by Crippen LogP contribution is 2.30. The quantitative estimate of drug-likeness (QED) is 0.631. The van der Waals surface area contributed by atoms with Crippen molar-refractivity contribution in [2.75, 3.05) is 0 Å². The Kier molecular flexibility index (Phi) is 4.87. The highest BCUT2D eigenvalue weighted by molar-refractivity contribution is 6.04. The maximum Gasteiger partial charge on any atom is 0.339 e. The van der Waals surface area contributed by atoms with Gasteiger partial charge >= 0.3 is 5.97 Å². The predicted octanol–water partition coefficient (Wildman–Crippen LogP) is 4.02. The van der Waals surface area contributed by atoms with Crippen molar-refractivity contribution in [2.45, 2.75) is 53.7 Å². The molecule has 7 nitrogen and oxygen atoms in total. The zero-order valence-electron chi connectivity index (χ0n) is 16.4. The van der Waals surface area contributed by atoms with Crippen molar-refractivity contribution in [3.8, 4) is 11.3 Å². The van der Waals surface area contributed by atoms with Gasteiger partial charge in [0.2, 0.25) is 0 Å². The molecule has 0 N–H and O–H groups in total. The first-order valence-electron chi connectivity index (χ1n) is 8.86. The molecule has 0 spiro atoms. The molecule has 3 rings (SSSR count). The number of aryl methyl sites for hydroxylation is 2. The van der Waals surface area contributed by atoms with Crippen molar-refractivity contribution in [1.29, 1.82) is 0 Å². The summed E-state index contributed by atoms with van der Waals surface area (Å²) in [5, 5.41) is 4.96. The second kappa shape index (κ2) is 6.98. The monoisotopic (exact) mass is 369 g/mol. The van der Waals surface area contributed by atoms with Crippen LogP contribution >= 0.6 is 0 Å². The Hall–Kier alpha value is -2.96. The van der Waals surface area contributed by atoms with Gasteiger partial charge in [-0.25, -0.2) is 14.5 Å². The van der Waals surface area contributed by atoms with E-state index < -0.39 is 12.1 Å². The van der Waals surface area contributed by atoms with Crippen molar-refractivity contribution in [3.63, 3.8) is 0 Å². The SMILES string of the molecule is CC(=O)[C@H](C)OC(=O)c1cc(-c2cc(C)oc2C)nc2c1cnn2C(C)C. The van der Waals surface area contributed by atoms with E-state index in [0.29, 0.717) is 28.1 Å². The summed E-state index contributed by atoms with van der Waals surface area (Å²) in [6.45, 7) is 10.6. The minimum absolute atomic E-state index is 0.0671. The first-order valence-corrected chi connectivity index (χ1v) is 8.86. The molecule has 0 radical (unpaired) electrons. The number of hydrogen-bond acceptors (Lipinski definition) is 6. The molecular weight excluding hydrogens is 346 g/mol. The van der Waals surface area contributed by atoms with Gasteiger partial charge in [-0.1, -0.05) is 0 Å². The van der Waals surface area contributed by atoms with Gasteiger partial charge < -0.3 is 9.15 Å². The van der Waals surface area contributed by atoms with Crippen LogP contribution in [0, 0.1) is 13.8 Å². The van der Waals surface area contributed by atoms with Crippen molar-refractivity contribution in [3.05, 3.63) is 35.4 Å². The molecule has 0 amide bonds. The first-order chi connectivity index (χ1) is 12.7. The number of carbonyl (C=O) groups excluding carboxylic acids is 2. The molecule has 142 valence electrons. The average molecular weight is 369 g/mol. The lowest BCUT2D eigenvalue weighted by Gasteiger charge is -2.12. The molecule has 0 saturated heterocycles. The van der Waals surface area contributed by atoms with Crippen LogP contribution in [0.25, 0.3) is 22.3 Å². The van der Waals surface area contributed by atoms with Gasteiger partial charge in [0.1, 0.15) is 11.5 Å². The van der Waals surface area contributed by atoms with E-state index in [9.17, 15) is 9.59 Å². The number of carbonyl (C=O) groups is 2. The second-order valence-corrected chi connectivity index (χ2v) is 6.96. The van der Waals surface area contributed by atoms with Crippen LogP contribution in [-0.4, -0.2) is 32.6 Å². The van der Waals surface area contributed by atoms with Crippen LogP contribution in [0.5, 0.6) is 0 Å². The normalized spacial score (nSPS) is 12.6. The first kappa shape index (κ1) is 18.8. The smallest absolute Gasteiger partial charge is 0.339 e. The lowest BCUT2D eigenvalue weighted by molar-refractivity contribution is -0.124. The number of hydrogen-bond donors (Lipinski definition) is 0. The van der Waals surface area contributed by atoms with Crippen LogP contribution in [-0.2, 0) is 9.53 Å². The molecule has 0 fully saturated rings. The fourth-order valence-electron chi connectivity index (χ4n) is 2.89. The van der Waals surface area contributed by atoms with E-state index in [1.807, 2.05) is 33.8 Å². The number of Topliss-reactive ketones (excluding diaryl/α,β-unsaturated/α-hetero) is 1. The summed E-state index contributed by atoms with van der Waals surface area (Å²) in [6.07, 6.45) is 0.788. The maximum atomic E-state index is 12.8. The van der Waals surface area contributed by atoms with E-state index in [0.717, 1.165) is 11.3 Å². The van der Waals surface area contributed by atoms with Crippen molar-refractivity contribution in [1.82, 2.24) is 14.8 Å². The minimum atomic E-state index is -0.817. The summed E-state index contributed by atoms with van der Waals surface area (Å²) in [5.41, 5.74) is 2.32. The van der Waals surface area contributed by atoms with Gasteiger partial charge in [0, 0.05) is 11.6 Å². The van der Waals surface area contributed by atoms with E-state index in [2.05, 4.69) is 5.10 Å². The fraction of sp³-hybridized carbons (Fsp3) is 0.400. The van der Waals surface area contributed by atoms with Gasteiger partial charge in [-0.05, 0) is 53.7 Å². The number of esters is 1. The number of rotatable bonds is 5. The zero-order valence-corrected chi connectivity index (χ0v) is 16.4. The van der Waals surface area contributed by atoms with Gasteiger partial charge in [-0.15, -0.1) is 0 Å². The van der Waals surface area contributed by atoms with Crippen molar-refractivity contribution < 1.29 is 18.7 Å². The second-order valence-electron chi connectivity index (χ2n) is 6.96. The predicted molar refractivity (Wildman–Crippen MR) is 101 cm³/mol. The molecule has 0 unspecified atom stereocenters. The highest BCUT2D eigenvalue weighted by Gasteiger charge is 2.23. The molecule has 0 bridgehead atoms. The molecule has 0 aliphatic rings. The van der Waals surface area contributed by atoms with Gasteiger partial charge in [0.05, 0.1) is 22.8 Å². The number of ether oxygens (including phenoxy) is 1. The highest BCUT2D eigenvalue weighted by atomic mass is 16.5. The number of furan rings is 1. The topological polar surface area (TPSA) is 87.2 Å². The number of nitrogens with zero attached hydrogens (tertiary/aromatic N) is 3. The number of ketones is 1. The summed E-state index contributed by atoms with van der Waals surface area (Å²) in [4.78, 5) is 29.0. The molecule has 1 atom stereocenters. The maximum absolute atomic E-state index is 12.8. The van der Waals surface area contributed by atoms with Crippen LogP contribution in [0.2, 0.25) is 0 Å². The molecule has 0 aromatic carbocycles. The Morgan fingerprint density at radius 1 is 1.19 bits per heavy atom. The van der Waals surface area contributed by atoms with Crippen molar-refractivity contribution >= 4 is 22.8 Å². The van der Waals surface area contributed by atoms with E-state index in [1.54, 1.807) is 23.9 Å². The van der Waals surface area contributed by atoms with Gasteiger partial charge in [-0.3, -0.25) is 4.79 Å². The molecule has 3 aromatic heterocycles. The Balaban J connectivity index is 2.20. The summed E-state index contributed by atoms with van der Waals surface area (Å²) in [7, 11) is 0. The third-order valence-electron chi connectivity index (χ3n) is 4.45. The van der Waals surface area contributed by atoms with Crippen LogP contribution in [0.1, 0.15) is 55.6 Å².